The second kappa shape index (κ2) is 6.38. The van der Waals surface area contributed by atoms with Crippen LogP contribution in [0, 0.1) is 0 Å². The van der Waals surface area contributed by atoms with Crippen LogP contribution in [0.5, 0.6) is 0 Å². The van der Waals surface area contributed by atoms with Crippen molar-refractivity contribution in [3.63, 3.8) is 0 Å². The number of rotatable bonds is 5. The molecule has 0 spiro atoms. The standard InChI is InChI=1S/C18H21NO/c1-14(20)7-8-15-9-11-16(12-10-15)17-5-4-6-18(13-17)19(2)3/h4-6,9-13H,7-8H2,1-3H3. The molecule has 0 fully saturated rings. The minimum atomic E-state index is 0.243. The zero-order valence-electron chi connectivity index (χ0n) is 12.4. The van der Waals surface area contributed by atoms with Crippen molar-refractivity contribution in [2.24, 2.45) is 0 Å². The van der Waals surface area contributed by atoms with Crippen molar-refractivity contribution < 1.29 is 4.79 Å². The number of benzene rings is 2. The van der Waals surface area contributed by atoms with E-state index in [1.54, 1.807) is 6.92 Å². The predicted octanol–water partition coefficient (Wildman–Crippen LogP) is 3.94. The molecule has 0 amide bonds. The fourth-order valence-corrected chi connectivity index (χ4v) is 2.15. The van der Waals surface area contributed by atoms with Crippen molar-refractivity contribution in [3.05, 3.63) is 54.1 Å². The molecule has 20 heavy (non-hydrogen) atoms. The molecule has 104 valence electrons. The third-order valence-electron chi connectivity index (χ3n) is 3.42. The highest BCUT2D eigenvalue weighted by atomic mass is 16.1. The third-order valence-corrected chi connectivity index (χ3v) is 3.42. The average Bonchev–Trinajstić information content (AvgIpc) is 2.46. The van der Waals surface area contributed by atoms with Crippen LogP contribution in [0.3, 0.4) is 0 Å². The van der Waals surface area contributed by atoms with E-state index in [9.17, 15) is 4.79 Å². The summed E-state index contributed by atoms with van der Waals surface area (Å²) in [4.78, 5) is 13.1. The molecule has 0 aromatic heterocycles. The predicted molar refractivity (Wildman–Crippen MR) is 85.2 cm³/mol. The Morgan fingerprint density at radius 1 is 1.00 bits per heavy atom. The first-order valence-electron chi connectivity index (χ1n) is 6.92. The summed E-state index contributed by atoms with van der Waals surface area (Å²) in [6, 6.07) is 17.0. The summed E-state index contributed by atoms with van der Waals surface area (Å²) in [5.41, 5.74) is 4.84. The molecule has 2 aromatic carbocycles. The lowest BCUT2D eigenvalue weighted by molar-refractivity contribution is -0.116. The first-order valence-corrected chi connectivity index (χ1v) is 6.92. The van der Waals surface area contributed by atoms with Crippen LogP contribution >= 0.6 is 0 Å². The number of ketones is 1. The van der Waals surface area contributed by atoms with Crippen LogP contribution in [-0.4, -0.2) is 19.9 Å². The van der Waals surface area contributed by atoms with Gasteiger partial charge in [-0.05, 0) is 42.2 Å². The first-order chi connectivity index (χ1) is 9.56. The Balaban J connectivity index is 2.17. The van der Waals surface area contributed by atoms with Gasteiger partial charge in [0.15, 0.2) is 0 Å². The highest BCUT2D eigenvalue weighted by Gasteiger charge is 2.02. The molecule has 0 aliphatic heterocycles. The zero-order valence-corrected chi connectivity index (χ0v) is 12.4. The molecule has 0 atom stereocenters. The van der Waals surface area contributed by atoms with Gasteiger partial charge in [0, 0.05) is 26.2 Å². The van der Waals surface area contributed by atoms with E-state index in [2.05, 4.69) is 53.4 Å². The molecule has 0 bridgehead atoms. The quantitative estimate of drug-likeness (QED) is 0.817. The van der Waals surface area contributed by atoms with Crippen LogP contribution in [0.4, 0.5) is 5.69 Å². The number of anilines is 1. The van der Waals surface area contributed by atoms with Gasteiger partial charge in [0.05, 0.1) is 0 Å². The molecule has 2 heteroatoms. The van der Waals surface area contributed by atoms with E-state index >= 15 is 0 Å². The Labute approximate surface area is 121 Å². The normalized spacial score (nSPS) is 10.3. The largest absolute Gasteiger partial charge is 0.378 e. The molecule has 0 saturated carbocycles. The van der Waals surface area contributed by atoms with Crippen LogP contribution < -0.4 is 4.90 Å². The van der Waals surface area contributed by atoms with Gasteiger partial charge < -0.3 is 9.69 Å². The lowest BCUT2D eigenvalue weighted by Crippen LogP contribution is -2.08. The summed E-state index contributed by atoms with van der Waals surface area (Å²) in [6.07, 6.45) is 1.45. The van der Waals surface area contributed by atoms with Gasteiger partial charge in [-0.15, -0.1) is 0 Å². The summed E-state index contributed by atoms with van der Waals surface area (Å²) < 4.78 is 0. The lowest BCUT2D eigenvalue weighted by Gasteiger charge is -2.13. The van der Waals surface area contributed by atoms with E-state index in [1.165, 1.54) is 22.4 Å². The Kier molecular flexibility index (Phi) is 4.57. The van der Waals surface area contributed by atoms with Crippen LogP contribution in [0.25, 0.3) is 11.1 Å². The summed E-state index contributed by atoms with van der Waals surface area (Å²) in [6.45, 7) is 1.64. The summed E-state index contributed by atoms with van der Waals surface area (Å²) in [5, 5.41) is 0. The van der Waals surface area contributed by atoms with Crippen LogP contribution in [0.1, 0.15) is 18.9 Å². The molecule has 2 nitrogen and oxygen atoms in total. The SMILES string of the molecule is CC(=O)CCc1ccc(-c2cccc(N(C)C)c2)cc1. The fraction of sp³-hybridized carbons (Fsp3) is 0.278. The topological polar surface area (TPSA) is 20.3 Å². The average molecular weight is 267 g/mol. The molecule has 2 aromatic rings. The third kappa shape index (κ3) is 3.70. The smallest absolute Gasteiger partial charge is 0.130 e. The number of carbonyl (C=O) groups excluding carboxylic acids is 1. The maximum absolute atomic E-state index is 11.0. The van der Waals surface area contributed by atoms with Crippen LogP contribution in [0.2, 0.25) is 0 Å². The molecule has 0 aliphatic carbocycles. The van der Waals surface area contributed by atoms with Gasteiger partial charge in [0.1, 0.15) is 5.78 Å². The second-order valence-corrected chi connectivity index (χ2v) is 5.34. The molecule has 0 unspecified atom stereocenters. The number of aryl methyl sites for hydroxylation is 1. The van der Waals surface area contributed by atoms with E-state index in [-0.39, 0.29) is 5.78 Å². The monoisotopic (exact) mass is 267 g/mol. The van der Waals surface area contributed by atoms with Gasteiger partial charge in [0.25, 0.3) is 0 Å². The van der Waals surface area contributed by atoms with Gasteiger partial charge >= 0.3 is 0 Å². The Bertz CT molecular complexity index is 585. The van der Waals surface area contributed by atoms with Crippen LogP contribution in [0.15, 0.2) is 48.5 Å². The first kappa shape index (κ1) is 14.3. The molecule has 0 N–H and O–H groups in total. The van der Waals surface area contributed by atoms with Crippen molar-refractivity contribution in [3.8, 4) is 11.1 Å². The number of nitrogens with zero attached hydrogens (tertiary/aromatic N) is 1. The molecule has 2 rings (SSSR count). The van der Waals surface area contributed by atoms with Crippen LogP contribution in [-0.2, 0) is 11.2 Å². The van der Waals surface area contributed by atoms with Gasteiger partial charge in [-0.1, -0.05) is 36.4 Å². The van der Waals surface area contributed by atoms with Gasteiger partial charge in [-0.25, -0.2) is 0 Å². The molecule has 0 aliphatic rings. The van der Waals surface area contributed by atoms with E-state index in [0.717, 1.165) is 6.42 Å². The fourth-order valence-electron chi connectivity index (χ4n) is 2.15. The molecule has 0 radical (unpaired) electrons. The van der Waals surface area contributed by atoms with E-state index in [1.807, 2.05) is 14.1 Å². The maximum atomic E-state index is 11.0. The minimum Gasteiger partial charge on any atom is -0.378 e. The zero-order chi connectivity index (χ0) is 14.5. The van der Waals surface area contributed by atoms with Crippen molar-refractivity contribution >= 4 is 11.5 Å². The van der Waals surface area contributed by atoms with Crippen molar-refractivity contribution in [1.82, 2.24) is 0 Å². The number of hydrogen-bond acceptors (Lipinski definition) is 2. The Hall–Kier alpha value is -2.09. The van der Waals surface area contributed by atoms with Gasteiger partial charge in [-0.3, -0.25) is 0 Å². The Morgan fingerprint density at radius 2 is 1.70 bits per heavy atom. The van der Waals surface area contributed by atoms with E-state index < -0.39 is 0 Å². The van der Waals surface area contributed by atoms with Crippen molar-refractivity contribution in [2.75, 3.05) is 19.0 Å². The van der Waals surface area contributed by atoms with Gasteiger partial charge in [-0.2, -0.15) is 0 Å². The minimum absolute atomic E-state index is 0.243. The lowest BCUT2D eigenvalue weighted by atomic mass is 10.0. The summed E-state index contributed by atoms with van der Waals surface area (Å²) in [7, 11) is 4.09. The highest BCUT2D eigenvalue weighted by molar-refractivity contribution is 5.75. The summed E-state index contributed by atoms with van der Waals surface area (Å²) in [5.74, 6) is 0.243. The maximum Gasteiger partial charge on any atom is 0.130 e. The highest BCUT2D eigenvalue weighted by Crippen LogP contribution is 2.24. The Morgan fingerprint density at radius 3 is 2.30 bits per heavy atom. The van der Waals surface area contributed by atoms with E-state index in [4.69, 9.17) is 0 Å². The molecule has 0 saturated heterocycles. The number of Topliss-reactive ketones (excluding diaryl/α,β-unsaturated/α-hetero) is 1. The number of carbonyl (C=O) groups is 1. The molecular formula is C18H21NO. The summed E-state index contributed by atoms with van der Waals surface area (Å²) >= 11 is 0. The molecule has 0 heterocycles. The van der Waals surface area contributed by atoms with Crippen molar-refractivity contribution in [2.45, 2.75) is 19.8 Å². The molecular weight excluding hydrogens is 246 g/mol. The van der Waals surface area contributed by atoms with Crippen molar-refractivity contribution in [1.29, 1.82) is 0 Å². The van der Waals surface area contributed by atoms with E-state index in [0.29, 0.717) is 6.42 Å². The second-order valence-electron chi connectivity index (χ2n) is 5.34. The van der Waals surface area contributed by atoms with Gasteiger partial charge in [0.2, 0.25) is 0 Å². The number of hydrogen-bond donors (Lipinski definition) is 0.